The van der Waals surface area contributed by atoms with Gasteiger partial charge in [-0.1, -0.05) is 30.3 Å². The van der Waals surface area contributed by atoms with Crippen LogP contribution in [0.4, 0.5) is 17.1 Å². The Bertz CT molecular complexity index is 951. The molecule has 0 aliphatic heterocycles. The van der Waals surface area contributed by atoms with E-state index in [1.165, 1.54) is 24.3 Å². The number of nitrogens with two attached hydrogens (primary N) is 1. The van der Waals surface area contributed by atoms with Crippen molar-refractivity contribution in [2.45, 2.75) is 0 Å². The third-order valence-electron chi connectivity index (χ3n) is 3.86. The predicted molar refractivity (Wildman–Crippen MR) is 95.0 cm³/mol. The van der Waals surface area contributed by atoms with Crippen LogP contribution in [0.25, 0.3) is 22.3 Å². The van der Waals surface area contributed by atoms with Gasteiger partial charge >= 0.3 is 0 Å². The standard InChI is InChI=1S/C18H13N3O4/c19-17-10-7-15(11-18(17)21(24)25)14-3-1-12(2-4-14)13-5-8-16(9-6-13)20(22)23/h1-11H,19H2. The van der Waals surface area contributed by atoms with Gasteiger partial charge in [0.05, 0.1) is 9.85 Å². The molecule has 3 aromatic carbocycles. The number of nitro groups is 2. The third kappa shape index (κ3) is 3.30. The van der Waals surface area contributed by atoms with E-state index in [0.717, 1.165) is 16.7 Å². The molecule has 2 N–H and O–H groups in total. The first-order chi connectivity index (χ1) is 12.0. The maximum Gasteiger partial charge on any atom is 0.292 e. The van der Waals surface area contributed by atoms with Gasteiger partial charge in [-0.2, -0.15) is 0 Å². The van der Waals surface area contributed by atoms with Crippen LogP contribution < -0.4 is 5.73 Å². The molecule has 0 saturated carbocycles. The number of rotatable bonds is 4. The first kappa shape index (κ1) is 16.1. The fourth-order valence-corrected chi connectivity index (χ4v) is 2.51. The Morgan fingerprint density at radius 3 is 1.56 bits per heavy atom. The molecule has 0 radical (unpaired) electrons. The third-order valence-corrected chi connectivity index (χ3v) is 3.86. The van der Waals surface area contributed by atoms with Gasteiger partial charge in [-0.25, -0.2) is 0 Å². The highest BCUT2D eigenvalue weighted by Gasteiger charge is 2.13. The molecule has 0 spiro atoms. The molecule has 0 aliphatic rings. The van der Waals surface area contributed by atoms with Crippen LogP contribution in [0, 0.1) is 20.2 Å². The summed E-state index contributed by atoms with van der Waals surface area (Å²) in [6, 6.07) is 18.3. The molecule has 0 heterocycles. The van der Waals surface area contributed by atoms with Crippen LogP contribution in [0.15, 0.2) is 66.7 Å². The van der Waals surface area contributed by atoms with Crippen LogP contribution in [-0.4, -0.2) is 9.85 Å². The number of hydrogen-bond donors (Lipinski definition) is 1. The molecule has 25 heavy (non-hydrogen) atoms. The van der Waals surface area contributed by atoms with Crippen molar-refractivity contribution in [2.75, 3.05) is 5.73 Å². The van der Waals surface area contributed by atoms with Gasteiger partial charge in [0.2, 0.25) is 0 Å². The summed E-state index contributed by atoms with van der Waals surface area (Å²) in [7, 11) is 0. The van der Waals surface area contributed by atoms with Gasteiger partial charge in [0.1, 0.15) is 5.69 Å². The van der Waals surface area contributed by atoms with E-state index >= 15 is 0 Å². The minimum atomic E-state index is -0.510. The van der Waals surface area contributed by atoms with Crippen molar-refractivity contribution in [3.63, 3.8) is 0 Å². The van der Waals surface area contributed by atoms with Gasteiger partial charge in [-0.15, -0.1) is 0 Å². The molecule has 7 heteroatoms. The second-order valence-electron chi connectivity index (χ2n) is 5.41. The van der Waals surface area contributed by atoms with Crippen LogP contribution >= 0.6 is 0 Å². The molecule has 0 saturated heterocycles. The molecule has 0 unspecified atom stereocenters. The second-order valence-corrected chi connectivity index (χ2v) is 5.41. The van der Waals surface area contributed by atoms with Crippen LogP contribution in [0.5, 0.6) is 0 Å². The summed E-state index contributed by atoms with van der Waals surface area (Å²) in [5, 5.41) is 21.7. The largest absolute Gasteiger partial charge is 0.393 e. The molecule has 3 rings (SSSR count). The number of anilines is 1. The SMILES string of the molecule is Nc1ccc(-c2ccc(-c3ccc([N+](=O)[O-])cc3)cc2)cc1[N+](=O)[O-]. The van der Waals surface area contributed by atoms with Gasteiger partial charge in [0, 0.05) is 18.2 Å². The number of nitrogens with zero attached hydrogens (tertiary/aromatic N) is 2. The molecule has 0 fully saturated rings. The lowest BCUT2D eigenvalue weighted by Gasteiger charge is -2.06. The molecular weight excluding hydrogens is 322 g/mol. The summed E-state index contributed by atoms with van der Waals surface area (Å²) in [6.07, 6.45) is 0. The fourth-order valence-electron chi connectivity index (χ4n) is 2.51. The number of hydrogen-bond acceptors (Lipinski definition) is 5. The van der Waals surface area contributed by atoms with Crippen molar-refractivity contribution < 1.29 is 9.85 Å². The average molecular weight is 335 g/mol. The Morgan fingerprint density at radius 1 is 0.640 bits per heavy atom. The van der Waals surface area contributed by atoms with E-state index in [2.05, 4.69) is 0 Å². The minimum absolute atomic E-state index is 0.0366. The molecule has 7 nitrogen and oxygen atoms in total. The molecule has 0 atom stereocenters. The molecule has 0 aliphatic carbocycles. The molecule has 0 aromatic heterocycles. The lowest BCUT2D eigenvalue weighted by atomic mass is 9.99. The predicted octanol–water partition coefficient (Wildman–Crippen LogP) is 4.42. The number of benzene rings is 3. The highest BCUT2D eigenvalue weighted by atomic mass is 16.6. The fraction of sp³-hybridized carbons (Fsp3) is 0. The summed E-state index contributed by atoms with van der Waals surface area (Å²) in [6.45, 7) is 0. The van der Waals surface area contributed by atoms with Crippen LogP contribution in [0.1, 0.15) is 0 Å². The van der Waals surface area contributed by atoms with E-state index in [4.69, 9.17) is 5.73 Å². The van der Waals surface area contributed by atoms with E-state index in [0.29, 0.717) is 5.56 Å². The van der Waals surface area contributed by atoms with Crippen molar-refractivity contribution >= 4 is 17.1 Å². The van der Waals surface area contributed by atoms with Gasteiger partial charge in [-0.05, 0) is 40.5 Å². The molecule has 124 valence electrons. The van der Waals surface area contributed by atoms with Gasteiger partial charge in [0.15, 0.2) is 0 Å². The minimum Gasteiger partial charge on any atom is -0.393 e. The topological polar surface area (TPSA) is 112 Å². The van der Waals surface area contributed by atoms with Crippen molar-refractivity contribution in [1.29, 1.82) is 0 Å². The summed E-state index contributed by atoms with van der Waals surface area (Å²) >= 11 is 0. The molecule has 0 amide bonds. The first-order valence-electron chi connectivity index (χ1n) is 7.35. The maximum atomic E-state index is 11.0. The molecular formula is C18H13N3O4. The Hall–Kier alpha value is -3.74. The Labute approximate surface area is 142 Å². The monoisotopic (exact) mass is 335 g/mol. The summed E-state index contributed by atoms with van der Waals surface area (Å²) in [4.78, 5) is 20.7. The van der Waals surface area contributed by atoms with Crippen molar-refractivity contribution in [2.24, 2.45) is 0 Å². The zero-order valence-electron chi connectivity index (χ0n) is 13.0. The van der Waals surface area contributed by atoms with E-state index < -0.39 is 9.85 Å². The van der Waals surface area contributed by atoms with Gasteiger partial charge in [0.25, 0.3) is 11.4 Å². The van der Waals surface area contributed by atoms with Crippen molar-refractivity contribution in [3.8, 4) is 22.3 Å². The number of nitrogen functional groups attached to an aromatic ring is 1. The Morgan fingerprint density at radius 2 is 1.08 bits per heavy atom. The van der Waals surface area contributed by atoms with Crippen molar-refractivity contribution in [1.82, 2.24) is 0 Å². The summed E-state index contributed by atoms with van der Waals surface area (Å²) < 4.78 is 0. The highest BCUT2D eigenvalue weighted by molar-refractivity contribution is 5.75. The zero-order chi connectivity index (χ0) is 18.0. The summed E-state index contributed by atoms with van der Waals surface area (Å²) in [5.41, 5.74) is 8.89. The maximum absolute atomic E-state index is 11.0. The van der Waals surface area contributed by atoms with Gasteiger partial charge in [-0.3, -0.25) is 20.2 Å². The Kier molecular flexibility index (Phi) is 4.13. The molecule has 0 bridgehead atoms. The first-order valence-corrected chi connectivity index (χ1v) is 7.35. The Balaban J connectivity index is 1.91. The molecule has 3 aromatic rings. The number of nitro benzene ring substituents is 2. The summed E-state index contributed by atoms with van der Waals surface area (Å²) in [5.74, 6) is 0. The van der Waals surface area contributed by atoms with E-state index in [1.54, 1.807) is 18.2 Å². The van der Waals surface area contributed by atoms with Crippen molar-refractivity contribution in [3.05, 3.63) is 87.0 Å². The van der Waals surface area contributed by atoms with Crippen LogP contribution in [0.2, 0.25) is 0 Å². The second kappa shape index (κ2) is 6.40. The lowest BCUT2D eigenvalue weighted by Crippen LogP contribution is -1.95. The zero-order valence-corrected chi connectivity index (χ0v) is 13.0. The highest BCUT2D eigenvalue weighted by Crippen LogP contribution is 2.30. The quantitative estimate of drug-likeness (QED) is 0.431. The van der Waals surface area contributed by atoms with E-state index in [1.807, 2.05) is 24.3 Å². The normalized spacial score (nSPS) is 10.4. The smallest absolute Gasteiger partial charge is 0.292 e. The van der Waals surface area contributed by atoms with Gasteiger partial charge < -0.3 is 5.73 Å². The van der Waals surface area contributed by atoms with Crippen LogP contribution in [0.3, 0.4) is 0 Å². The average Bonchev–Trinajstić information content (AvgIpc) is 2.62. The lowest BCUT2D eigenvalue weighted by molar-refractivity contribution is -0.384. The number of non-ortho nitro benzene ring substituents is 1. The van der Waals surface area contributed by atoms with E-state index in [-0.39, 0.29) is 17.1 Å². The van der Waals surface area contributed by atoms with Crippen LogP contribution in [-0.2, 0) is 0 Å². The van der Waals surface area contributed by atoms with E-state index in [9.17, 15) is 20.2 Å².